The Kier molecular flexibility index (Phi) is 5.11. The lowest BCUT2D eigenvalue weighted by Crippen LogP contribution is -2.38. The lowest BCUT2D eigenvalue weighted by atomic mass is 10.0. The van der Waals surface area contributed by atoms with Gasteiger partial charge in [-0.25, -0.2) is 0 Å². The van der Waals surface area contributed by atoms with Crippen molar-refractivity contribution < 1.29 is 0 Å². The fourth-order valence-electron chi connectivity index (χ4n) is 2.82. The predicted molar refractivity (Wildman–Crippen MR) is 106 cm³/mol. The van der Waals surface area contributed by atoms with E-state index in [1.54, 1.807) is 0 Å². The zero-order valence-corrected chi connectivity index (χ0v) is 14.8. The third-order valence-electron chi connectivity index (χ3n) is 4.27. The molecule has 0 aliphatic rings. The average Bonchev–Trinajstić information content (AvgIpc) is 2.61. The Hall–Kier alpha value is -2.39. The summed E-state index contributed by atoms with van der Waals surface area (Å²) in [6, 6.07) is 25.6. The van der Waals surface area contributed by atoms with E-state index >= 15 is 0 Å². The molecule has 3 aromatic carbocycles. The molecule has 24 heavy (non-hydrogen) atoms. The Morgan fingerprint density at radius 1 is 0.708 bits per heavy atom. The van der Waals surface area contributed by atoms with Crippen molar-refractivity contribution in [3.8, 4) is 0 Å². The van der Waals surface area contributed by atoms with E-state index in [1.807, 2.05) is 18.2 Å². The molecule has 0 saturated heterocycles. The number of nitrogens with one attached hydrogen (secondary N) is 2. The smallest absolute Gasteiger partial charge is 0.167 e. The van der Waals surface area contributed by atoms with Gasteiger partial charge in [0.25, 0.3) is 0 Å². The minimum atomic E-state index is 0.151. The van der Waals surface area contributed by atoms with Crippen LogP contribution in [0.15, 0.2) is 72.8 Å². The number of fused-ring (bicyclic) bond motifs is 1. The van der Waals surface area contributed by atoms with E-state index in [2.05, 4.69) is 79.1 Å². The zero-order chi connectivity index (χ0) is 16.9. The van der Waals surface area contributed by atoms with Crippen LogP contribution in [0.4, 0.5) is 0 Å². The highest BCUT2D eigenvalue weighted by Gasteiger charge is 2.10. The van der Waals surface area contributed by atoms with E-state index in [0.29, 0.717) is 5.11 Å². The van der Waals surface area contributed by atoms with Crippen molar-refractivity contribution in [1.82, 2.24) is 10.6 Å². The maximum absolute atomic E-state index is 5.48. The van der Waals surface area contributed by atoms with E-state index in [4.69, 9.17) is 12.2 Å². The van der Waals surface area contributed by atoms with E-state index in [1.165, 1.54) is 21.9 Å². The van der Waals surface area contributed by atoms with Gasteiger partial charge in [-0.1, -0.05) is 66.7 Å². The van der Waals surface area contributed by atoms with Gasteiger partial charge in [-0.05, 0) is 54.0 Å². The maximum Gasteiger partial charge on any atom is 0.167 e. The Bertz CT molecular complexity index is 829. The standard InChI is InChI=1S/C21H22N2S/c1-15(17-8-4-3-5-9-17)22-21(24)23-16(2)19-13-12-18-10-6-7-11-20(18)14-19/h3-16H,1-2H3,(H2,22,23,24)/t15-,16+/m0/s1. The summed E-state index contributed by atoms with van der Waals surface area (Å²) in [6.45, 7) is 4.25. The normalized spacial score (nSPS) is 13.2. The quantitative estimate of drug-likeness (QED) is 0.647. The van der Waals surface area contributed by atoms with Gasteiger partial charge in [-0.2, -0.15) is 0 Å². The van der Waals surface area contributed by atoms with Gasteiger partial charge in [-0.15, -0.1) is 0 Å². The van der Waals surface area contributed by atoms with Gasteiger partial charge < -0.3 is 10.6 Å². The summed E-state index contributed by atoms with van der Waals surface area (Å²) in [5.74, 6) is 0. The van der Waals surface area contributed by atoms with Crippen LogP contribution < -0.4 is 10.6 Å². The van der Waals surface area contributed by atoms with Crippen LogP contribution in [-0.4, -0.2) is 5.11 Å². The third-order valence-corrected chi connectivity index (χ3v) is 4.50. The zero-order valence-electron chi connectivity index (χ0n) is 14.0. The minimum absolute atomic E-state index is 0.151. The first kappa shape index (κ1) is 16.5. The van der Waals surface area contributed by atoms with Crippen LogP contribution in [-0.2, 0) is 0 Å². The first-order valence-electron chi connectivity index (χ1n) is 8.24. The van der Waals surface area contributed by atoms with Crippen LogP contribution in [0.3, 0.4) is 0 Å². The van der Waals surface area contributed by atoms with E-state index in [9.17, 15) is 0 Å². The molecule has 2 N–H and O–H groups in total. The van der Waals surface area contributed by atoms with Crippen LogP contribution in [0, 0.1) is 0 Å². The van der Waals surface area contributed by atoms with Crippen molar-refractivity contribution in [3.63, 3.8) is 0 Å². The topological polar surface area (TPSA) is 24.1 Å². The molecule has 0 unspecified atom stereocenters. The summed E-state index contributed by atoms with van der Waals surface area (Å²) in [6.07, 6.45) is 0. The SMILES string of the molecule is C[C@H](NC(=S)N[C@H](C)c1ccc2ccccc2c1)c1ccccc1. The monoisotopic (exact) mass is 334 g/mol. The predicted octanol–water partition coefficient (Wildman–Crippen LogP) is 5.13. The Balaban J connectivity index is 1.64. The molecule has 0 amide bonds. The molecule has 0 spiro atoms. The first-order valence-corrected chi connectivity index (χ1v) is 8.65. The number of benzene rings is 3. The van der Waals surface area contributed by atoms with Gasteiger partial charge >= 0.3 is 0 Å². The molecule has 0 aliphatic heterocycles. The van der Waals surface area contributed by atoms with Gasteiger partial charge in [0.2, 0.25) is 0 Å². The third kappa shape index (κ3) is 3.92. The Morgan fingerprint density at radius 3 is 2.00 bits per heavy atom. The molecule has 0 bridgehead atoms. The summed E-state index contributed by atoms with van der Waals surface area (Å²) in [4.78, 5) is 0. The van der Waals surface area contributed by atoms with Crippen LogP contribution >= 0.6 is 12.2 Å². The van der Waals surface area contributed by atoms with Crippen LogP contribution in [0.5, 0.6) is 0 Å². The fraction of sp³-hybridized carbons (Fsp3) is 0.190. The average molecular weight is 334 g/mol. The van der Waals surface area contributed by atoms with E-state index < -0.39 is 0 Å². The molecule has 0 radical (unpaired) electrons. The molecule has 0 aliphatic carbocycles. The largest absolute Gasteiger partial charge is 0.356 e. The molecular weight excluding hydrogens is 312 g/mol. The van der Waals surface area contributed by atoms with Gasteiger partial charge in [-0.3, -0.25) is 0 Å². The highest BCUT2D eigenvalue weighted by molar-refractivity contribution is 7.80. The molecule has 0 saturated carbocycles. The molecule has 3 heteroatoms. The van der Waals surface area contributed by atoms with Crippen molar-refractivity contribution in [3.05, 3.63) is 83.9 Å². The number of thiocarbonyl (C=S) groups is 1. The van der Waals surface area contributed by atoms with E-state index in [0.717, 1.165) is 0 Å². The number of hydrogen-bond acceptors (Lipinski definition) is 1. The van der Waals surface area contributed by atoms with Crippen LogP contribution in [0.25, 0.3) is 10.8 Å². The van der Waals surface area contributed by atoms with Crippen molar-refractivity contribution >= 4 is 28.1 Å². The second kappa shape index (κ2) is 7.45. The molecule has 0 aromatic heterocycles. The van der Waals surface area contributed by atoms with E-state index in [-0.39, 0.29) is 12.1 Å². The summed E-state index contributed by atoms with van der Waals surface area (Å²) in [5.41, 5.74) is 2.45. The van der Waals surface area contributed by atoms with Gasteiger partial charge in [0.15, 0.2) is 5.11 Å². The molecule has 3 rings (SSSR count). The summed E-state index contributed by atoms with van der Waals surface area (Å²) in [5, 5.41) is 9.92. The van der Waals surface area contributed by atoms with Crippen molar-refractivity contribution in [1.29, 1.82) is 0 Å². The lowest BCUT2D eigenvalue weighted by Gasteiger charge is -2.21. The van der Waals surface area contributed by atoms with Gasteiger partial charge in [0, 0.05) is 0 Å². The van der Waals surface area contributed by atoms with Crippen LogP contribution in [0.2, 0.25) is 0 Å². The summed E-state index contributed by atoms with van der Waals surface area (Å²) in [7, 11) is 0. The van der Waals surface area contributed by atoms with Crippen LogP contribution in [0.1, 0.15) is 37.1 Å². The molecule has 2 nitrogen and oxygen atoms in total. The van der Waals surface area contributed by atoms with Crippen molar-refractivity contribution in [2.75, 3.05) is 0 Å². The lowest BCUT2D eigenvalue weighted by molar-refractivity contribution is 0.656. The summed E-state index contributed by atoms with van der Waals surface area (Å²) >= 11 is 5.48. The molecule has 0 fully saturated rings. The second-order valence-corrected chi connectivity index (χ2v) is 6.49. The molecule has 122 valence electrons. The molecule has 0 heterocycles. The Labute approximate surface area is 148 Å². The Morgan fingerprint density at radius 2 is 1.29 bits per heavy atom. The van der Waals surface area contributed by atoms with Gasteiger partial charge in [0.05, 0.1) is 12.1 Å². The molecular formula is C21H22N2S. The number of hydrogen-bond donors (Lipinski definition) is 2. The highest BCUT2D eigenvalue weighted by Crippen LogP contribution is 2.20. The van der Waals surface area contributed by atoms with Crippen molar-refractivity contribution in [2.45, 2.75) is 25.9 Å². The van der Waals surface area contributed by atoms with Gasteiger partial charge in [0.1, 0.15) is 0 Å². The second-order valence-electron chi connectivity index (χ2n) is 6.08. The fourth-order valence-corrected chi connectivity index (χ4v) is 3.17. The highest BCUT2D eigenvalue weighted by atomic mass is 32.1. The first-order chi connectivity index (χ1) is 11.6. The minimum Gasteiger partial charge on any atom is -0.356 e. The number of rotatable bonds is 4. The maximum atomic E-state index is 5.48. The van der Waals surface area contributed by atoms with Crippen molar-refractivity contribution in [2.24, 2.45) is 0 Å². The molecule has 3 aromatic rings. The molecule has 2 atom stereocenters. The summed E-state index contributed by atoms with van der Waals surface area (Å²) < 4.78 is 0.